The first-order valence-corrected chi connectivity index (χ1v) is 5.52. The fourth-order valence-corrected chi connectivity index (χ4v) is 2.07. The Kier molecular flexibility index (Phi) is 4.20. The van der Waals surface area contributed by atoms with E-state index >= 15 is 0 Å². The van der Waals surface area contributed by atoms with Crippen molar-refractivity contribution in [3.05, 3.63) is 0 Å². The van der Waals surface area contributed by atoms with Crippen LogP contribution in [0.1, 0.15) is 27.2 Å². The van der Waals surface area contributed by atoms with Gasteiger partial charge in [0.2, 0.25) is 4.91 Å². The van der Waals surface area contributed by atoms with Crippen molar-refractivity contribution >= 4 is 6.09 Å². The molecule has 0 unspecified atom stereocenters. The predicted molar refractivity (Wildman–Crippen MR) is 57.3 cm³/mol. The van der Waals surface area contributed by atoms with Crippen LogP contribution >= 0.6 is 0 Å². The molecule has 1 aliphatic rings. The topological polar surface area (TPSA) is 103 Å². The zero-order chi connectivity index (χ0) is 13.1. The summed E-state index contributed by atoms with van der Waals surface area (Å²) in [6.45, 7) is 6.12. The zero-order valence-electron chi connectivity index (χ0n) is 10.3. The van der Waals surface area contributed by atoms with Crippen molar-refractivity contribution in [1.29, 1.82) is 5.53 Å². The van der Waals surface area contributed by atoms with Crippen LogP contribution < -0.4 is 10.0 Å². The number of ether oxygens (including phenoxy) is 1. The maximum Gasteiger partial charge on any atom is 0.214 e. The van der Waals surface area contributed by atoms with Crippen LogP contribution in [-0.2, 0) is 4.74 Å². The number of carboxylic acid groups (broad SMARTS) is 1. The predicted octanol–water partition coefficient (Wildman–Crippen LogP) is 0.138. The number of carbonyl (C=O) groups excluding carboxylic acids is 1. The van der Waals surface area contributed by atoms with Gasteiger partial charge in [-0.2, -0.15) is 0 Å². The first-order chi connectivity index (χ1) is 7.88. The van der Waals surface area contributed by atoms with Gasteiger partial charge in [0.25, 0.3) is 0 Å². The molecule has 1 N–H and O–H groups in total. The lowest BCUT2D eigenvalue weighted by molar-refractivity contribution is -0.276. The van der Waals surface area contributed by atoms with Crippen LogP contribution in [0.5, 0.6) is 0 Å². The average Bonchev–Trinajstić information content (AvgIpc) is 2.18. The van der Waals surface area contributed by atoms with E-state index in [2.05, 4.69) is 10.0 Å². The van der Waals surface area contributed by atoms with Gasteiger partial charge in [-0.25, -0.2) is 0 Å². The molecule has 1 rings (SSSR count). The van der Waals surface area contributed by atoms with Gasteiger partial charge < -0.3 is 19.5 Å². The van der Waals surface area contributed by atoms with E-state index in [1.807, 2.05) is 0 Å². The van der Waals surface area contributed by atoms with E-state index in [9.17, 15) is 9.90 Å². The lowest BCUT2D eigenvalue weighted by atomic mass is 9.97. The highest BCUT2D eigenvalue weighted by molar-refractivity contribution is 5.64. The largest absolute Gasteiger partial charge is 0.530 e. The van der Waals surface area contributed by atoms with Gasteiger partial charge in [-0.1, -0.05) is 0 Å². The van der Waals surface area contributed by atoms with Crippen molar-refractivity contribution in [2.75, 3.05) is 13.2 Å². The molecular weight excluding hydrogens is 224 g/mol. The van der Waals surface area contributed by atoms with E-state index in [0.717, 1.165) is 0 Å². The molecule has 0 aromatic heterocycles. The summed E-state index contributed by atoms with van der Waals surface area (Å²) in [7, 11) is 0. The number of carbonyl (C=O) groups is 1. The highest BCUT2D eigenvalue weighted by Gasteiger charge is 2.39. The first kappa shape index (κ1) is 13.6. The van der Waals surface area contributed by atoms with Crippen molar-refractivity contribution in [3.63, 3.8) is 0 Å². The van der Waals surface area contributed by atoms with Crippen LogP contribution in [0.4, 0.5) is 4.79 Å². The Morgan fingerprint density at radius 2 is 2.24 bits per heavy atom. The quantitative estimate of drug-likeness (QED) is 0.550. The molecule has 0 aromatic carbocycles. The maximum absolute atomic E-state index is 11.2. The van der Waals surface area contributed by atoms with Gasteiger partial charge in [0.15, 0.2) is 6.04 Å². The summed E-state index contributed by atoms with van der Waals surface area (Å²) in [6, 6.07) is -0.777. The van der Waals surface area contributed by atoms with Gasteiger partial charge in [-0.05, 0) is 20.8 Å². The van der Waals surface area contributed by atoms with Crippen molar-refractivity contribution in [2.24, 2.45) is 5.11 Å². The fourth-order valence-electron chi connectivity index (χ4n) is 2.07. The smallest absolute Gasteiger partial charge is 0.214 e. The number of rotatable bonds is 2. The van der Waals surface area contributed by atoms with Crippen LogP contribution in [0.2, 0.25) is 0 Å². The van der Waals surface area contributed by atoms with Gasteiger partial charge in [-0.15, -0.1) is 0 Å². The van der Waals surface area contributed by atoms with Crippen LogP contribution in [0, 0.1) is 5.53 Å². The molecule has 0 bridgehead atoms. The lowest BCUT2D eigenvalue weighted by Crippen LogP contribution is -2.62. The summed E-state index contributed by atoms with van der Waals surface area (Å²) >= 11 is 0. The third-order valence-corrected chi connectivity index (χ3v) is 2.75. The van der Waals surface area contributed by atoms with Crippen molar-refractivity contribution in [1.82, 2.24) is 9.81 Å². The number of nitrogens with zero attached hydrogens (tertiary/aromatic N) is 3. The fraction of sp³-hybridized carbons (Fsp3) is 0.900. The van der Waals surface area contributed by atoms with E-state index in [1.54, 1.807) is 20.8 Å². The minimum absolute atomic E-state index is 0.259. The summed E-state index contributed by atoms with van der Waals surface area (Å²) in [5.41, 5.74) is 6.17. The van der Waals surface area contributed by atoms with Gasteiger partial charge in [-0.3, -0.25) is 0 Å². The molecule has 1 aliphatic heterocycles. The van der Waals surface area contributed by atoms with Crippen LogP contribution in [0.25, 0.3) is 0 Å². The number of hydrogen-bond donors (Lipinski definition) is 1. The molecule has 2 atom stereocenters. The van der Waals surface area contributed by atoms with E-state index in [1.165, 1.54) is 4.90 Å². The third-order valence-electron chi connectivity index (χ3n) is 2.75. The molecule has 17 heavy (non-hydrogen) atoms. The summed E-state index contributed by atoms with van der Waals surface area (Å²) in [5, 5.41) is 15.0. The van der Waals surface area contributed by atoms with Crippen molar-refractivity contribution in [2.45, 2.75) is 44.8 Å². The molecule has 7 nitrogen and oxygen atoms in total. The molecule has 0 radical (unpaired) electrons. The van der Waals surface area contributed by atoms with E-state index < -0.39 is 17.7 Å². The third kappa shape index (κ3) is 3.25. The van der Waals surface area contributed by atoms with E-state index in [0.29, 0.717) is 13.0 Å². The Labute approximate surface area is 100.0 Å². The van der Waals surface area contributed by atoms with Crippen LogP contribution in [0.3, 0.4) is 0 Å². The van der Waals surface area contributed by atoms with Gasteiger partial charge in [0.1, 0.15) is 16.7 Å². The number of hydrogen-bond acceptors (Lipinski definition) is 5. The van der Waals surface area contributed by atoms with Gasteiger partial charge in [0, 0.05) is 18.6 Å². The van der Waals surface area contributed by atoms with E-state index in [-0.39, 0.29) is 12.6 Å². The molecule has 96 valence electrons. The molecule has 1 amide bonds. The van der Waals surface area contributed by atoms with Crippen LogP contribution in [0.15, 0.2) is 5.11 Å². The normalized spacial score (nSPS) is 24.9. The Hall–Kier alpha value is -1.46. The summed E-state index contributed by atoms with van der Waals surface area (Å²) in [5.74, 6) is 0. The standard InChI is InChI=1S/C10H18N4O3/c1-10(2,3)14(9(15)16)8-6-17-5-4-7(8)12-13-11/h7-8,11H,4-6H2,1-3H3/t7-,8+/m1/s1. The SMILES string of the molecule is CC(C)(C)N(C(=O)[O-])[C@H]1COCC[C@H]1N=[N+]=N. The average molecular weight is 242 g/mol. The van der Waals surface area contributed by atoms with Crippen molar-refractivity contribution < 1.29 is 14.6 Å². The Morgan fingerprint density at radius 1 is 1.59 bits per heavy atom. The van der Waals surface area contributed by atoms with Crippen LogP contribution in [-0.4, -0.2) is 41.8 Å². The lowest BCUT2D eigenvalue weighted by Gasteiger charge is -2.45. The molecule has 1 fully saturated rings. The summed E-state index contributed by atoms with van der Waals surface area (Å²) in [6.07, 6.45) is -0.689. The molecule has 1 heterocycles. The van der Waals surface area contributed by atoms with E-state index in [4.69, 9.17) is 10.3 Å². The molecular formula is C10H18N4O3. The van der Waals surface area contributed by atoms with Crippen molar-refractivity contribution in [3.8, 4) is 0 Å². The minimum atomic E-state index is -1.25. The molecule has 0 aliphatic carbocycles. The Balaban J connectivity index is 2.98. The summed E-state index contributed by atoms with van der Waals surface area (Å²) in [4.78, 5) is 15.5. The number of nitrogens with one attached hydrogen (secondary N) is 1. The molecule has 1 saturated heterocycles. The second-order valence-corrected chi connectivity index (χ2v) is 5.02. The maximum atomic E-state index is 11.2. The number of amides is 1. The minimum Gasteiger partial charge on any atom is -0.530 e. The Morgan fingerprint density at radius 3 is 2.71 bits per heavy atom. The first-order valence-electron chi connectivity index (χ1n) is 5.52. The molecule has 7 heteroatoms. The Bertz CT molecular complexity index is 333. The second-order valence-electron chi connectivity index (χ2n) is 5.02. The van der Waals surface area contributed by atoms with Gasteiger partial charge >= 0.3 is 0 Å². The zero-order valence-corrected chi connectivity index (χ0v) is 10.3. The summed E-state index contributed by atoms with van der Waals surface area (Å²) < 4.78 is 5.29. The highest BCUT2D eigenvalue weighted by atomic mass is 16.5. The molecule has 0 saturated carbocycles. The van der Waals surface area contributed by atoms with Gasteiger partial charge in [0.05, 0.1) is 12.6 Å². The molecule has 0 spiro atoms. The second kappa shape index (κ2) is 5.25. The molecule has 0 aromatic rings. The monoisotopic (exact) mass is 242 g/mol. The highest BCUT2D eigenvalue weighted by Crippen LogP contribution is 2.24.